The van der Waals surface area contributed by atoms with Crippen LogP contribution in [0.15, 0.2) is 67.1 Å². The maximum atomic E-state index is 4.82. The fourth-order valence-corrected chi connectivity index (χ4v) is 2.82. The van der Waals surface area contributed by atoms with E-state index in [1.807, 2.05) is 30.3 Å². The minimum Gasteiger partial charge on any atom is -0.339 e. The SMILES string of the molecule is Cc1ccc2nc(-c3ccncc3)c(Nc3ccccc3C)n2c1. The number of nitrogens with zero attached hydrogens (tertiary/aromatic N) is 3. The Balaban J connectivity index is 1.94. The van der Waals surface area contributed by atoms with Gasteiger partial charge in [0.05, 0.1) is 0 Å². The molecule has 3 heterocycles. The van der Waals surface area contributed by atoms with Gasteiger partial charge in [-0.2, -0.15) is 0 Å². The number of aryl methyl sites for hydroxylation is 2. The summed E-state index contributed by atoms with van der Waals surface area (Å²) in [6, 6.07) is 16.4. The lowest BCUT2D eigenvalue weighted by Crippen LogP contribution is -1.99. The Morgan fingerprint density at radius 3 is 2.50 bits per heavy atom. The third kappa shape index (κ3) is 2.52. The topological polar surface area (TPSA) is 42.2 Å². The Bertz CT molecular complexity index is 1000. The Labute approximate surface area is 140 Å². The van der Waals surface area contributed by atoms with Crippen LogP contribution in [0.25, 0.3) is 16.9 Å². The number of para-hydroxylation sites is 1. The highest BCUT2D eigenvalue weighted by molar-refractivity contribution is 5.80. The van der Waals surface area contributed by atoms with Crippen molar-refractivity contribution in [2.75, 3.05) is 5.32 Å². The molecule has 24 heavy (non-hydrogen) atoms. The lowest BCUT2D eigenvalue weighted by molar-refractivity contribution is 1.15. The summed E-state index contributed by atoms with van der Waals surface area (Å²) >= 11 is 0. The first-order valence-electron chi connectivity index (χ1n) is 7.94. The van der Waals surface area contributed by atoms with Crippen LogP contribution in [0, 0.1) is 13.8 Å². The van der Waals surface area contributed by atoms with Crippen LogP contribution in [-0.2, 0) is 0 Å². The molecular weight excluding hydrogens is 296 g/mol. The van der Waals surface area contributed by atoms with Gasteiger partial charge >= 0.3 is 0 Å². The Morgan fingerprint density at radius 2 is 1.71 bits per heavy atom. The lowest BCUT2D eigenvalue weighted by atomic mass is 10.1. The van der Waals surface area contributed by atoms with Crippen molar-refractivity contribution in [3.05, 3.63) is 78.2 Å². The van der Waals surface area contributed by atoms with E-state index in [2.05, 4.69) is 52.9 Å². The zero-order valence-electron chi connectivity index (χ0n) is 13.7. The molecule has 118 valence electrons. The molecule has 0 aliphatic heterocycles. The molecule has 0 unspecified atom stereocenters. The van der Waals surface area contributed by atoms with Crippen molar-refractivity contribution >= 4 is 17.2 Å². The molecule has 0 aliphatic rings. The predicted octanol–water partition coefficient (Wildman–Crippen LogP) is 4.76. The van der Waals surface area contributed by atoms with Gasteiger partial charge in [-0.1, -0.05) is 24.3 Å². The van der Waals surface area contributed by atoms with Gasteiger partial charge in [0, 0.05) is 29.8 Å². The van der Waals surface area contributed by atoms with Crippen molar-refractivity contribution in [1.82, 2.24) is 14.4 Å². The monoisotopic (exact) mass is 314 g/mol. The third-order valence-corrected chi connectivity index (χ3v) is 4.12. The van der Waals surface area contributed by atoms with E-state index >= 15 is 0 Å². The summed E-state index contributed by atoms with van der Waals surface area (Å²) in [5, 5.41) is 3.57. The van der Waals surface area contributed by atoms with Crippen molar-refractivity contribution < 1.29 is 0 Å². The van der Waals surface area contributed by atoms with Gasteiger partial charge in [0.1, 0.15) is 17.2 Å². The average Bonchev–Trinajstić information content (AvgIpc) is 2.96. The highest BCUT2D eigenvalue weighted by atomic mass is 15.1. The summed E-state index contributed by atoms with van der Waals surface area (Å²) in [4.78, 5) is 8.93. The first-order valence-corrected chi connectivity index (χ1v) is 7.94. The van der Waals surface area contributed by atoms with Gasteiger partial charge in [0.15, 0.2) is 0 Å². The van der Waals surface area contributed by atoms with Gasteiger partial charge in [-0.05, 0) is 49.2 Å². The Hall–Kier alpha value is -3.14. The number of fused-ring (bicyclic) bond motifs is 1. The summed E-state index contributed by atoms with van der Waals surface area (Å²) in [6.45, 7) is 4.19. The van der Waals surface area contributed by atoms with Crippen LogP contribution < -0.4 is 5.32 Å². The lowest BCUT2D eigenvalue weighted by Gasteiger charge is -2.11. The predicted molar refractivity (Wildman–Crippen MR) is 97.6 cm³/mol. The van der Waals surface area contributed by atoms with E-state index in [0.29, 0.717) is 0 Å². The first-order chi connectivity index (χ1) is 11.7. The van der Waals surface area contributed by atoms with Crippen LogP contribution in [0.4, 0.5) is 11.5 Å². The van der Waals surface area contributed by atoms with Gasteiger partial charge in [0.25, 0.3) is 0 Å². The van der Waals surface area contributed by atoms with Gasteiger partial charge in [-0.3, -0.25) is 9.38 Å². The molecule has 0 saturated carbocycles. The van der Waals surface area contributed by atoms with E-state index < -0.39 is 0 Å². The molecule has 0 radical (unpaired) electrons. The van der Waals surface area contributed by atoms with Crippen LogP contribution in [0.2, 0.25) is 0 Å². The molecule has 4 rings (SSSR count). The standard InChI is InChI=1S/C20H18N4/c1-14-7-8-18-23-19(16-9-11-21-12-10-16)20(24(18)13-14)22-17-6-4-3-5-15(17)2/h3-13,22H,1-2H3. The van der Waals surface area contributed by atoms with Crippen molar-refractivity contribution in [2.45, 2.75) is 13.8 Å². The first kappa shape index (κ1) is 14.5. The second-order valence-electron chi connectivity index (χ2n) is 5.92. The summed E-state index contributed by atoms with van der Waals surface area (Å²) in [6.07, 6.45) is 5.69. The van der Waals surface area contributed by atoms with Crippen molar-refractivity contribution in [1.29, 1.82) is 0 Å². The van der Waals surface area contributed by atoms with E-state index in [9.17, 15) is 0 Å². The molecule has 1 aromatic carbocycles. The zero-order chi connectivity index (χ0) is 16.5. The highest BCUT2D eigenvalue weighted by Crippen LogP contribution is 2.31. The van der Waals surface area contributed by atoms with Crippen LogP contribution in [0.3, 0.4) is 0 Å². The van der Waals surface area contributed by atoms with E-state index in [4.69, 9.17) is 4.98 Å². The van der Waals surface area contributed by atoms with Crippen molar-refractivity contribution in [3.8, 4) is 11.3 Å². The molecule has 4 nitrogen and oxygen atoms in total. The Morgan fingerprint density at radius 1 is 0.917 bits per heavy atom. The summed E-state index contributed by atoms with van der Waals surface area (Å²) in [5.74, 6) is 0.967. The highest BCUT2D eigenvalue weighted by Gasteiger charge is 2.15. The molecule has 0 fully saturated rings. The molecule has 0 amide bonds. The molecule has 0 saturated heterocycles. The quantitative estimate of drug-likeness (QED) is 0.593. The smallest absolute Gasteiger partial charge is 0.143 e. The van der Waals surface area contributed by atoms with E-state index in [1.165, 1.54) is 11.1 Å². The second-order valence-corrected chi connectivity index (χ2v) is 5.92. The molecule has 1 N–H and O–H groups in total. The number of rotatable bonds is 3. The van der Waals surface area contributed by atoms with Crippen LogP contribution >= 0.6 is 0 Å². The maximum Gasteiger partial charge on any atom is 0.143 e. The summed E-state index contributed by atoms with van der Waals surface area (Å²) in [5.41, 5.74) is 6.35. The van der Waals surface area contributed by atoms with E-state index in [0.717, 1.165) is 28.4 Å². The molecule has 3 aromatic heterocycles. The fourth-order valence-electron chi connectivity index (χ4n) is 2.82. The number of hydrogen-bond acceptors (Lipinski definition) is 3. The summed E-state index contributed by atoms with van der Waals surface area (Å²) < 4.78 is 2.11. The molecule has 0 spiro atoms. The summed E-state index contributed by atoms with van der Waals surface area (Å²) in [7, 11) is 0. The number of anilines is 2. The molecule has 4 heteroatoms. The number of pyridine rings is 2. The normalized spacial score (nSPS) is 10.9. The fraction of sp³-hybridized carbons (Fsp3) is 0.100. The minimum absolute atomic E-state index is 0.920. The van der Waals surface area contributed by atoms with Gasteiger partial charge in [-0.15, -0.1) is 0 Å². The molecule has 0 aliphatic carbocycles. The van der Waals surface area contributed by atoms with Gasteiger partial charge in [0.2, 0.25) is 0 Å². The number of aromatic nitrogens is 3. The largest absolute Gasteiger partial charge is 0.339 e. The second kappa shape index (κ2) is 5.81. The minimum atomic E-state index is 0.920. The third-order valence-electron chi connectivity index (χ3n) is 4.12. The average molecular weight is 314 g/mol. The van der Waals surface area contributed by atoms with Crippen molar-refractivity contribution in [3.63, 3.8) is 0 Å². The van der Waals surface area contributed by atoms with Crippen molar-refractivity contribution in [2.24, 2.45) is 0 Å². The zero-order valence-corrected chi connectivity index (χ0v) is 13.7. The number of benzene rings is 1. The van der Waals surface area contributed by atoms with E-state index in [1.54, 1.807) is 12.4 Å². The van der Waals surface area contributed by atoms with Gasteiger partial charge < -0.3 is 5.32 Å². The van der Waals surface area contributed by atoms with Crippen LogP contribution in [0.1, 0.15) is 11.1 Å². The van der Waals surface area contributed by atoms with Crippen LogP contribution in [-0.4, -0.2) is 14.4 Å². The van der Waals surface area contributed by atoms with Crippen LogP contribution in [0.5, 0.6) is 0 Å². The Kier molecular flexibility index (Phi) is 3.50. The molecule has 4 aromatic rings. The molecule has 0 atom stereocenters. The number of nitrogens with one attached hydrogen (secondary N) is 1. The van der Waals surface area contributed by atoms with Gasteiger partial charge in [-0.25, -0.2) is 4.98 Å². The van der Waals surface area contributed by atoms with E-state index in [-0.39, 0.29) is 0 Å². The maximum absolute atomic E-state index is 4.82. The molecular formula is C20H18N4. The number of hydrogen-bond donors (Lipinski definition) is 1. The molecule has 0 bridgehead atoms. The number of imidazole rings is 1.